The molecule has 4 heteroatoms. The number of hydrogen-bond acceptors (Lipinski definition) is 1. The molecule has 1 amide bonds. The van der Waals surface area contributed by atoms with E-state index in [-0.39, 0.29) is 5.91 Å². The van der Waals surface area contributed by atoms with E-state index in [4.69, 9.17) is 0 Å². The lowest BCUT2D eigenvalue weighted by atomic mass is 10.2. The third kappa shape index (κ3) is 3.22. The first kappa shape index (κ1) is 13.2. The summed E-state index contributed by atoms with van der Waals surface area (Å²) in [5, 5.41) is 0. The molecule has 3 rings (SSSR count). The third-order valence-electron chi connectivity index (χ3n) is 4.06. The number of halogens is 1. The number of nitrogens with zero attached hydrogens (tertiary/aromatic N) is 2. The van der Waals surface area contributed by atoms with E-state index >= 15 is 0 Å². The molecule has 0 aromatic carbocycles. The summed E-state index contributed by atoms with van der Waals surface area (Å²) in [6.45, 7) is 4.84. The normalized spacial score (nSPS) is 18.6. The molecule has 3 nitrogen and oxygen atoms in total. The van der Waals surface area contributed by atoms with Gasteiger partial charge in [0.1, 0.15) is 5.69 Å². The second-order valence-electron chi connectivity index (χ2n) is 5.93. The second-order valence-corrected chi connectivity index (χ2v) is 6.84. The van der Waals surface area contributed by atoms with Crippen LogP contribution in [-0.4, -0.2) is 28.5 Å². The molecule has 0 aliphatic heterocycles. The second kappa shape index (κ2) is 5.31. The van der Waals surface area contributed by atoms with Crippen molar-refractivity contribution < 1.29 is 4.79 Å². The van der Waals surface area contributed by atoms with E-state index in [1.165, 1.54) is 25.7 Å². The minimum Gasteiger partial charge on any atom is -0.343 e. The number of aromatic nitrogens is 1. The van der Waals surface area contributed by atoms with Gasteiger partial charge in [0.15, 0.2) is 0 Å². The molecule has 1 aromatic rings. The summed E-state index contributed by atoms with van der Waals surface area (Å²) < 4.78 is 3.04. The molecule has 104 valence electrons. The van der Waals surface area contributed by atoms with Crippen molar-refractivity contribution in [2.45, 2.75) is 39.2 Å². The van der Waals surface area contributed by atoms with Crippen LogP contribution in [0.2, 0.25) is 0 Å². The molecule has 0 bridgehead atoms. The van der Waals surface area contributed by atoms with Gasteiger partial charge in [-0.3, -0.25) is 4.79 Å². The monoisotopic (exact) mass is 324 g/mol. The Labute approximate surface area is 123 Å². The summed E-state index contributed by atoms with van der Waals surface area (Å²) in [5.74, 6) is 1.73. The van der Waals surface area contributed by atoms with Crippen molar-refractivity contribution in [2.24, 2.45) is 11.8 Å². The van der Waals surface area contributed by atoms with E-state index in [1.807, 2.05) is 16.8 Å². The fraction of sp³-hybridized carbons (Fsp3) is 0.667. The first-order chi connectivity index (χ1) is 9.17. The van der Waals surface area contributed by atoms with Gasteiger partial charge in [-0.05, 0) is 66.4 Å². The van der Waals surface area contributed by atoms with Crippen LogP contribution in [0, 0.1) is 11.8 Å². The molecule has 2 fully saturated rings. The number of amides is 1. The number of hydrogen-bond donors (Lipinski definition) is 0. The largest absolute Gasteiger partial charge is 0.343 e. The van der Waals surface area contributed by atoms with E-state index in [0.717, 1.165) is 41.6 Å². The van der Waals surface area contributed by atoms with Gasteiger partial charge >= 0.3 is 0 Å². The first-order valence-electron chi connectivity index (χ1n) is 7.32. The van der Waals surface area contributed by atoms with Crippen molar-refractivity contribution in [3.63, 3.8) is 0 Å². The summed E-state index contributed by atoms with van der Waals surface area (Å²) in [6, 6.07) is 1.96. The molecule has 0 radical (unpaired) electrons. The molecule has 1 aromatic heterocycles. The molecule has 0 atom stereocenters. The standard InChI is InChI=1S/C15H21BrN2O/c1-2-17-10-13(16)7-14(17)15(19)18(8-11-3-4-11)9-12-5-6-12/h7,10-12H,2-6,8-9H2,1H3. The molecule has 19 heavy (non-hydrogen) atoms. The SMILES string of the molecule is CCn1cc(Br)cc1C(=O)N(CC1CC1)CC1CC1. The van der Waals surface area contributed by atoms with Crippen LogP contribution < -0.4 is 0 Å². The Hall–Kier alpha value is -0.770. The van der Waals surface area contributed by atoms with Crippen LogP contribution in [0.1, 0.15) is 43.1 Å². The smallest absolute Gasteiger partial charge is 0.270 e. The van der Waals surface area contributed by atoms with Crippen LogP contribution in [-0.2, 0) is 6.54 Å². The zero-order valence-electron chi connectivity index (χ0n) is 11.4. The Balaban J connectivity index is 1.76. The van der Waals surface area contributed by atoms with Crippen molar-refractivity contribution in [2.75, 3.05) is 13.1 Å². The topological polar surface area (TPSA) is 25.2 Å². The zero-order chi connectivity index (χ0) is 13.4. The lowest BCUT2D eigenvalue weighted by Gasteiger charge is -2.23. The molecule has 2 aliphatic rings. The minimum atomic E-state index is 0.214. The number of carbonyl (C=O) groups is 1. The van der Waals surface area contributed by atoms with Crippen LogP contribution in [0.25, 0.3) is 0 Å². The first-order valence-corrected chi connectivity index (χ1v) is 8.11. The highest BCUT2D eigenvalue weighted by Gasteiger charge is 2.32. The van der Waals surface area contributed by atoms with Gasteiger partial charge in [0, 0.05) is 30.3 Å². The summed E-state index contributed by atoms with van der Waals surface area (Å²) in [5.41, 5.74) is 0.829. The van der Waals surface area contributed by atoms with Gasteiger partial charge in [-0.15, -0.1) is 0 Å². The van der Waals surface area contributed by atoms with Crippen LogP contribution in [0.5, 0.6) is 0 Å². The zero-order valence-corrected chi connectivity index (χ0v) is 13.0. The Morgan fingerprint density at radius 3 is 2.37 bits per heavy atom. The van der Waals surface area contributed by atoms with E-state index in [9.17, 15) is 4.79 Å². The highest BCUT2D eigenvalue weighted by atomic mass is 79.9. The lowest BCUT2D eigenvalue weighted by molar-refractivity contribution is 0.0729. The summed E-state index contributed by atoms with van der Waals surface area (Å²) >= 11 is 3.48. The van der Waals surface area contributed by atoms with Gasteiger partial charge in [-0.25, -0.2) is 0 Å². The highest BCUT2D eigenvalue weighted by molar-refractivity contribution is 9.10. The quantitative estimate of drug-likeness (QED) is 0.785. The predicted octanol–water partition coefficient (Wildman–Crippen LogP) is 3.53. The lowest BCUT2D eigenvalue weighted by Crippen LogP contribution is -2.35. The Bertz CT molecular complexity index is 460. The molecule has 0 N–H and O–H groups in total. The van der Waals surface area contributed by atoms with E-state index in [0.29, 0.717) is 0 Å². The maximum Gasteiger partial charge on any atom is 0.270 e. The molecule has 2 aliphatic carbocycles. The fourth-order valence-electron chi connectivity index (χ4n) is 2.54. The number of carbonyl (C=O) groups excluding carboxylic acids is 1. The predicted molar refractivity (Wildman–Crippen MR) is 79.2 cm³/mol. The van der Waals surface area contributed by atoms with Crippen molar-refractivity contribution in [3.05, 3.63) is 22.4 Å². The van der Waals surface area contributed by atoms with E-state index in [1.54, 1.807) is 0 Å². The highest BCUT2D eigenvalue weighted by Crippen LogP contribution is 2.34. The molecule has 2 saturated carbocycles. The van der Waals surface area contributed by atoms with Gasteiger partial charge < -0.3 is 9.47 Å². The molecule has 1 heterocycles. The van der Waals surface area contributed by atoms with Crippen molar-refractivity contribution >= 4 is 21.8 Å². The Morgan fingerprint density at radius 2 is 1.89 bits per heavy atom. The minimum absolute atomic E-state index is 0.214. The van der Waals surface area contributed by atoms with Crippen LogP contribution >= 0.6 is 15.9 Å². The van der Waals surface area contributed by atoms with Gasteiger partial charge in [0.25, 0.3) is 5.91 Å². The summed E-state index contributed by atoms with van der Waals surface area (Å²) in [6.07, 6.45) is 7.19. The van der Waals surface area contributed by atoms with E-state index in [2.05, 4.69) is 27.8 Å². The van der Waals surface area contributed by atoms with Crippen LogP contribution in [0.4, 0.5) is 0 Å². The van der Waals surface area contributed by atoms with Crippen molar-refractivity contribution in [1.82, 2.24) is 9.47 Å². The van der Waals surface area contributed by atoms with Gasteiger partial charge in [0.2, 0.25) is 0 Å². The molecule has 0 unspecified atom stereocenters. The van der Waals surface area contributed by atoms with Crippen LogP contribution in [0.3, 0.4) is 0 Å². The summed E-state index contributed by atoms with van der Waals surface area (Å²) in [4.78, 5) is 14.8. The average Bonchev–Trinajstić information content (AvgIpc) is 3.30. The fourth-order valence-corrected chi connectivity index (χ4v) is 3.01. The Kier molecular flexibility index (Phi) is 3.70. The third-order valence-corrected chi connectivity index (χ3v) is 4.49. The summed E-state index contributed by atoms with van der Waals surface area (Å²) in [7, 11) is 0. The average molecular weight is 325 g/mol. The molecule has 0 spiro atoms. The maximum absolute atomic E-state index is 12.7. The molecular formula is C15H21BrN2O. The van der Waals surface area contributed by atoms with Crippen molar-refractivity contribution in [3.8, 4) is 0 Å². The van der Waals surface area contributed by atoms with Gasteiger partial charge in [-0.2, -0.15) is 0 Å². The van der Waals surface area contributed by atoms with Crippen LogP contribution in [0.15, 0.2) is 16.7 Å². The van der Waals surface area contributed by atoms with Crippen molar-refractivity contribution in [1.29, 1.82) is 0 Å². The number of rotatable bonds is 6. The molecular weight excluding hydrogens is 304 g/mol. The van der Waals surface area contributed by atoms with E-state index < -0.39 is 0 Å². The van der Waals surface area contributed by atoms with Gasteiger partial charge in [0.05, 0.1) is 0 Å². The maximum atomic E-state index is 12.7. The van der Waals surface area contributed by atoms with Gasteiger partial charge in [-0.1, -0.05) is 0 Å². The number of aryl methyl sites for hydroxylation is 1. The Morgan fingerprint density at radius 1 is 1.32 bits per heavy atom. The molecule has 0 saturated heterocycles.